The van der Waals surface area contributed by atoms with E-state index in [1.54, 1.807) is 18.3 Å². The van der Waals surface area contributed by atoms with Crippen molar-refractivity contribution in [1.29, 1.82) is 0 Å². The molecule has 1 aromatic heterocycles. The van der Waals surface area contributed by atoms with Gasteiger partial charge in [0, 0.05) is 29.4 Å². The zero-order valence-electron chi connectivity index (χ0n) is 13.0. The lowest BCUT2D eigenvalue weighted by Gasteiger charge is -2.21. The molecule has 6 nitrogen and oxygen atoms in total. The number of carbonyl (C=O) groups is 1. The number of ether oxygens (including phenoxy) is 1. The predicted molar refractivity (Wildman–Crippen MR) is 83.5 cm³/mol. The molecule has 0 radical (unpaired) electrons. The van der Waals surface area contributed by atoms with Crippen molar-refractivity contribution in [3.63, 3.8) is 0 Å². The molecular weight excluding hydrogens is 312 g/mol. The molecule has 21 heavy (non-hydrogen) atoms. The molecule has 0 saturated heterocycles. The highest BCUT2D eigenvalue weighted by atomic mass is 32.2. The molecule has 0 bridgehead atoms. The molecular formula is C13H22N2O4S2. The molecule has 1 N–H and O–H groups in total. The van der Waals surface area contributed by atoms with Gasteiger partial charge in [-0.3, -0.25) is 4.79 Å². The maximum Gasteiger partial charge on any atom is 0.306 e. The molecule has 0 amide bonds. The minimum Gasteiger partial charge on any atom is -0.469 e. The quantitative estimate of drug-likeness (QED) is 0.771. The first-order valence-electron chi connectivity index (χ1n) is 6.54. The number of nitrogens with zero attached hydrogens (tertiary/aromatic N) is 1. The van der Waals surface area contributed by atoms with Gasteiger partial charge >= 0.3 is 5.97 Å². The summed E-state index contributed by atoms with van der Waals surface area (Å²) in [6.45, 7) is 5.85. The normalized spacial score (nSPS) is 13.4. The van der Waals surface area contributed by atoms with Crippen LogP contribution in [0.4, 0.5) is 0 Å². The summed E-state index contributed by atoms with van der Waals surface area (Å²) in [6.07, 6.45) is 0.0267. The highest BCUT2D eigenvalue weighted by Crippen LogP contribution is 2.26. The van der Waals surface area contributed by atoms with Crippen LogP contribution in [0.5, 0.6) is 0 Å². The fraction of sp³-hybridized carbons (Fsp3) is 0.615. The smallest absolute Gasteiger partial charge is 0.306 e. The predicted octanol–water partition coefficient (Wildman–Crippen LogP) is 1.76. The van der Waals surface area contributed by atoms with Gasteiger partial charge in [0.15, 0.2) is 0 Å². The van der Waals surface area contributed by atoms with Crippen LogP contribution in [0.1, 0.15) is 34.7 Å². The second-order valence-corrected chi connectivity index (χ2v) is 8.13. The van der Waals surface area contributed by atoms with Crippen LogP contribution in [-0.4, -0.2) is 39.4 Å². The summed E-state index contributed by atoms with van der Waals surface area (Å²) in [7, 11) is -0.928. The second kappa shape index (κ2) is 7.35. The molecule has 0 aliphatic heterocycles. The van der Waals surface area contributed by atoms with Gasteiger partial charge in [0.05, 0.1) is 13.5 Å². The Bertz CT molecular complexity index is 595. The number of rotatable bonds is 7. The van der Waals surface area contributed by atoms with Gasteiger partial charge in [-0.2, -0.15) is 17.4 Å². The van der Waals surface area contributed by atoms with Crippen LogP contribution in [0.3, 0.4) is 0 Å². The maximum absolute atomic E-state index is 12.2. The third kappa shape index (κ3) is 5.06. The van der Waals surface area contributed by atoms with Gasteiger partial charge < -0.3 is 4.74 Å². The summed E-state index contributed by atoms with van der Waals surface area (Å²) in [5, 5.41) is 0. The number of aryl methyl sites for hydroxylation is 2. The van der Waals surface area contributed by atoms with E-state index in [1.807, 2.05) is 19.9 Å². The van der Waals surface area contributed by atoms with Gasteiger partial charge in [-0.25, -0.2) is 0 Å². The van der Waals surface area contributed by atoms with Crippen molar-refractivity contribution >= 4 is 27.5 Å². The van der Waals surface area contributed by atoms with Crippen LogP contribution in [0, 0.1) is 13.8 Å². The highest BCUT2D eigenvalue weighted by molar-refractivity contribution is 7.87. The molecule has 1 aromatic rings. The molecule has 0 aliphatic carbocycles. The lowest BCUT2D eigenvalue weighted by molar-refractivity contribution is -0.140. The molecule has 1 unspecified atom stereocenters. The lowest BCUT2D eigenvalue weighted by atomic mass is 10.1. The van der Waals surface area contributed by atoms with Gasteiger partial charge in [-0.1, -0.05) is 0 Å². The topological polar surface area (TPSA) is 75.7 Å². The van der Waals surface area contributed by atoms with Gasteiger partial charge in [-0.15, -0.1) is 11.3 Å². The Morgan fingerprint density at radius 2 is 2.10 bits per heavy atom. The molecule has 1 heterocycles. The van der Waals surface area contributed by atoms with Crippen molar-refractivity contribution in [2.24, 2.45) is 0 Å². The van der Waals surface area contributed by atoms with E-state index in [4.69, 9.17) is 0 Å². The number of hydrogen-bond donors (Lipinski definition) is 1. The van der Waals surface area contributed by atoms with Crippen LogP contribution in [0.25, 0.3) is 0 Å². The maximum atomic E-state index is 12.2. The molecule has 8 heteroatoms. The third-order valence-corrected chi connectivity index (χ3v) is 5.78. The molecule has 0 fully saturated rings. The summed E-state index contributed by atoms with van der Waals surface area (Å²) in [5.74, 6) is -0.436. The molecule has 120 valence electrons. The third-order valence-electron chi connectivity index (χ3n) is 3.14. The van der Waals surface area contributed by atoms with Gasteiger partial charge in [0.1, 0.15) is 0 Å². The van der Waals surface area contributed by atoms with E-state index >= 15 is 0 Å². The van der Waals surface area contributed by atoms with Crippen molar-refractivity contribution in [3.8, 4) is 0 Å². The Morgan fingerprint density at radius 3 is 2.57 bits per heavy atom. The largest absolute Gasteiger partial charge is 0.469 e. The number of esters is 1. The average molecular weight is 334 g/mol. The first kappa shape index (κ1) is 18.1. The fourth-order valence-electron chi connectivity index (χ4n) is 1.93. The monoisotopic (exact) mass is 334 g/mol. The van der Waals surface area contributed by atoms with E-state index in [0.717, 1.165) is 19.6 Å². The van der Waals surface area contributed by atoms with Gasteiger partial charge in [0.2, 0.25) is 0 Å². The number of hydrogen-bond acceptors (Lipinski definition) is 5. The zero-order chi connectivity index (χ0) is 16.2. The molecule has 1 rings (SSSR count). The summed E-state index contributed by atoms with van der Waals surface area (Å²) in [5.41, 5.74) is 0.974. The average Bonchev–Trinajstić information content (AvgIpc) is 2.73. The summed E-state index contributed by atoms with van der Waals surface area (Å²) in [4.78, 5) is 13.3. The van der Waals surface area contributed by atoms with E-state index in [1.165, 1.54) is 14.2 Å². The van der Waals surface area contributed by atoms with E-state index in [-0.39, 0.29) is 19.0 Å². The van der Waals surface area contributed by atoms with E-state index < -0.39 is 16.2 Å². The Hall–Kier alpha value is -0.960. The first-order chi connectivity index (χ1) is 9.67. The minimum absolute atomic E-state index is 0.0267. The van der Waals surface area contributed by atoms with Crippen molar-refractivity contribution in [2.45, 2.75) is 33.2 Å². The number of nitrogens with one attached hydrogen (secondary N) is 1. The molecule has 0 aromatic carbocycles. The second-order valence-electron chi connectivity index (χ2n) is 4.86. The Morgan fingerprint density at radius 1 is 1.48 bits per heavy atom. The number of methoxy groups -OCH3 is 1. The summed E-state index contributed by atoms with van der Waals surface area (Å²) < 4.78 is 32.6. The summed E-state index contributed by atoms with van der Waals surface area (Å²) >= 11 is 1.64. The number of thiophene rings is 1. The van der Waals surface area contributed by atoms with Crippen molar-refractivity contribution < 1.29 is 17.9 Å². The molecule has 0 aliphatic rings. The first-order valence-corrected chi connectivity index (χ1v) is 8.80. The minimum atomic E-state index is -3.64. The lowest BCUT2D eigenvalue weighted by Crippen LogP contribution is -2.40. The Kier molecular flexibility index (Phi) is 6.33. The van der Waals surface area contributed by atoms with Crippen molar-refractivity contribution in [3.05, 3.63) is 21.4 Å². The number of carbonyl (C=O) groups excluding carboxylic acids is 1. The van der Waals surface area contributed by atoms with E-state index in [9.17, 15) is 13.2 Å². The van der Waals surface area contributed by atoms with Crippen LogP contribution >= 0.6 is 11.3 Å². The van der Waals surface area contributed by atoms with Crippen molar-refractivity contribution in [2.75, 3.05) is 20.7 Å². The van der Waals surface area contributed by atoms with Crippen LogP contribution < -0.4 is 4.72 Å². The van der Waals surface area contributed by atoms with E-state index in [0.29, 0.717) is 0 Å². The van der Waals surface area contributed by atoms with Crippen molar-refractivity contribution in [1.82, 2.24) is 9.03 Å². The summed E-state index contributed by atoms with van der Waals surface area (Å²) in [6, 6.07) is 1.67. The molecule has 0 spiro atoms. The molecule has 0 saturated carbocycles. The van der Waals surface area contributed by atoms with E-state index in [2.05, 4.69) is 9.46 Å². The zero-order valence-corrected chi connectivity index (χ0v) is 14.6. The van der Waals surface area contributed by atoms with Gasteiger partial charge in [0.25, 0.3) is 10.2 Å². The standard InChI is InChI=1S/C13H22N2O4S2/c1-9-8-12(11(3)20-9)10(2)14-21(17,18)15(4)7-6-13(16)19-5/h8,10,14H,6-7H2,1-5H3. The van der Waals surface area contributed by atoms with Crippen LogP contribution in [0.2, 0.25) is 0 Å². The SMILES string of the molecule is COC(=O)CCN(C)S(=O)(=O)NC(C)c1cc(C)sc1C. The highest BCUT2D eigenvalue weighted by Gasteiger charge is 2.23. The van der Waals surface area contributed by atoms with Crippen LogP contribution in [-0.2, 0) is 19.7 Å². The Balaban J connectivity index is 2.71. The van der Waals surface area contributed by atoms with Crippen LogP contribution in [0.15, 0.2) is 6.07 Å². The Labute approximate surface area is 130 Å². The van der Waals surface area contributed by atoms with Gasteiger partial charge in [-0.05, 0) is 32.4 Å². The fourth-order valence-corrected chi connectivity index (χ4v) is 4.04. The molecule has 1 atom stereocenters.